The third-order valence-electron chi connectivity index (χ3n) is 25.1. The number of esters is 6. The number of carbonyl (C=O) groups excluding carboxylic acids is 6. The number of rotatable bonds is 18. The molecule has 0 amide bonds. The molecule has 0 aromatic rings. The molecule has 12 heteroatoms. The van der Waals surface area contributed by atoms with Crippen LogP contribution in [0.3, 0.4) is 0 Å². The van der Waals surface area contributed by atoms with E-state index in [1.165, 1.54) is 128 Å². The van der Waals surface area contributed by atoms with E-state index in [4.69, 9.17) is 28.4 Å². The van der Waals surface area contributed by atoms with E-state index in [0.29, 0.717) is 68.9 Å². The van der Waals surface area contributed by atoms with Gasteiger partial charge in [-0.15, -0.1) is 0 Å². The molecular formula is C83H132O12. The van der Waals surface area contributed by atoms with E-state index >= 15 is 0 Å². The monoisotopic (exact) mass is 1320 g/mol. The van der Waals surface area contributed by atoms with Crippen molar-refractivity contribution in [3.63, 3.8) is 0 Å². The van der Waals surface area contributed by atoms with Gasteiger partial charge < -0.3 is 28.4 Å². The molecule has 0 aliphatic heterocycles. The van der Waals surface area contributed by atoms with E-state index in [1.807, 2.05) is 20.8 Å². The van der Waals surface area contributed by atoms with Crippen molar-refractivity contribution < 1.29 is 57.2 Å². The van der Waals surface area contributed by atoms with Crippen LogP contribution in [0.2, 0.25) is 0 Å². The molecule has 14 aliphatic carbocycles. The Morgan fingerprint density at radius 3 is 1.03 bits per heavy atom. The van der Waals surface area contributed by atoms with Crippen molar-refractivity contribution >= 4 is 35.8 Å². The summed E-state index contributed by atoms with van der Waals surface area (Å²) in [6.07, 6.45) is 33.7. The fraction of sp³-hybridized carbons (Fsp3) is 0.783. The third-order valence-corrected chi connectivity index (χ3v) is 25.1. The van der Waals surface area contributed by atoms with Gasteiger partial charge in [-0.05, 0) is 319 Å². The Hall–Kier alpha value is -4.74. The van der Waals surface area contributed by atoms with Gasteiger partial charge in [-0.1, -0.05) is 94.9 Å². The van der Waals surface area contributed by atoms with E-state index in [9.17, 15) is 28.8 Å². The van der Waals surface area contributed by atoms with Crippen LogP contribution in [0.1, 0.15) is 297 Å². The molecule has 14 saturated carbocycles. The van der Waals surface area contributed by atoms with Crippen molar-refractivity contribution in [1.29, 1.82) is 0 Å². The first-order chi connectivity index (χ1) is 44.3. The summed E-state index contributed by atoms with van der Waals surface area (Å²) in [6, 6.07) is 0. The van der Waals surface area contributed by atoms with Gasteiger partial charge in [0.25, 0.3) is 0 Å². The summed E-state index contributed by atoms with van der Waals surface area (Å²) in [7, 11) is 0. The van der Waals surface area contributed by atoms with E-state index < -0.39 is 5.60 Å². The lowest BCUT2D eigenvalue weighted by Gasteiger charge is -2.63. The summed E-state index contributed by atoms with van der Waals surface area (Å²) in [5.41, 5.74) is 1.87. The quantitative estimate of drug-likeness (QED) is 0.0728. The van der Waals surface area contributed by atoms with Crippen molar-refractivity contribution in [2.24, 2.45) is 82.3 Å². The minimum Gasteiger partial charge on any atom is -0.457 e. The average Bonchev–Trinajstić information content (AvgIpc) is 1.52. The standard InChI is InChI=1S/C19H30O2.C17H26O2.C16H24O2.C12H20O2.C11H18O2.C8H14O2/c1-5-19(6-2,21-17(20)13(3)4)18-10-14-7-15(11-18)9-16(8-14)12-18;1-10(2)16(18)19-17(11(3)4)14-6-12-5-13(8-14)9-15(17)7-12;1-4-16(18-15(17)10(2)3)13-6-11-5-12(8-13)9-14(16)7-11;1-9(2)11(13)14-12(10(3)4)7-5-6-8-12;1-4-11(7-5-6-8-11)13-10(12)9(2)3;1-6(2)7(9)10-8(3,4)5/h14-16H,3,5-12H2,1-2,4H3;11-15H,1,5-9H2,2-4H3;11-14H,2,4-9H2,1,3H3;10H,1,5-8H2,2-4H3;2,4-8H2,1,3H3;1H2,2-5H3. The Balaban J connectivity index is 0.000000183. The van der Waals surface area contributed by atoms with Gasteiger partial charge in [0, 0.05) is 38.9 Å². The maximum atomic E-state index is 12.2. The van der Waals surface area contributed by atoms with Gasteiger partial charge in [0.15, 0.2) is 0 Å². The average molecular weight is 1320 g/mol. The molecule has 14 fully saturated rings. The van der Waals surface area contributed by atoms with Gasteiger partial charge in [0.1, 0.15) is 33.6 Å². The van der Waals surface area contributed by atoms with Crippen LogP contribution in [-0.2, 0) is 57.2 Å². The van der Waals surface area contributed by atoms with Crippen LogP contribution in [0.5, 0.6) is 0 Å². The largest absolute Gasteiger partial charge is 0.457 e. The van der Waals surface area contributed by atoms with Crippen molar-refractivity contribution in [3.05, 3.63) is 72.9 Å². The highest BCUT2D eigenvalue weighted by Gasteiger charge is 2.63. The summed E-state index contributed by atoms with van der Waals surface area (Å²) in [5, 5.41) is 0. The highest BCUT2D eigenvalue weighted by molar-refractivity contribution is 5.89. The highest BCUT2D eigenvalue weighted by atomic mass is 16.6. The maximum Gasteiger partial charge on any atom is 0.333 e. The molecule has 0 aromatic heterocycles. The zero-order valence-electron chi connectivity index (χ0n) is 62.9. The van der Waals surface area contributed by atoms with Crippen LogP contribution in [-0.4, -0.2) is 69.4 Å². The van der Waals surface area contributed by atoms with Crippen LogP contribution in [0.15, 0.2) is 72.9 Å². The van der Waals surface area contributed by atoms with Gasteiger partial charge in [0.05, 0.1) is 0 Å². The van der Waals surface area contributed by atoms with Crippen LogP contribution in [0.4, 0.5) is 0 Å². The summed E-state index contributed by atoms with van der Waals surface area (Å²) in [4.78, 5) is 70.0. The highest BCUT2D eigenvalue weighted by Crippen LogP contribution is 2.67. The molecule has 14 aliphatic rings. The molecule has 12 bridgehead atoms. The van der Waals surface area contributed by atoms with E-state index in [-0.39, 0.29) is 69.2 Å². The molecule has 0 N–H and O–H groups in total. The molecule has 14 rings (SSSR count). The zero-order chi connectivity index (χ0) is 71.0. The zero-order valence-corrected chi connectivity index (χ0v) is 62.9. The van der Waals surface area contributed by atoms with Gasteiger partial charge in [-0.2, -0.15) is 0 Å². The fourth-order valence-corrected chi connectivity index (χ4v) is 20.9. The molecule has 0 saturated heterocycles. The molecule has 0 spiro atoms. The molecule has 0 radical (unpaired) electrons. The van der Waals surface area contributed by atoms with Crippen LogP contribution in [0.25, 0.3) is 0 Å². The fourth-order valence-electron chi connectivity index (χ4n) is 20.9. The van der Waals surface area contributed by atoms with Crippen LogP contribution < -0.4 is 0 Å². The van der Waals surface area contributed by atoms with Gasteiger partial charge >= 0.3 is 35.8 Å². The molecule has 0 atom stereocenters. The Labute approximate surface area is 576 Å². The lowest BCUT2D eigenvalue weighted by atomic mass is 9.44. The molecule has 0 unspecified atom stereocenters. The predicted molar refractivity (Wildman–Crippen MR) is 381 cm³/mol. The second kappa shape index (κ2) is 32.5. The summed E-state index contributed by atoms with van der Waals surface area (Å²) in [6.45, 7) is 55.1. The van der Waals surface area contributed by atoms with Crippen molar-refractivity contribution in [2.75, 3.05) is 0 Å². The Bertz CT molecular complexity index is 2690. The van der Waals surface area contributed by atoms with Crippen molar-refractivity contribution in [2.45, 2.75) is 331 Å². The number of hydrogen-bond donors (Lipinski definition) is 0. The predicted octanol–water partition coefficient (Wildman–Crippen LogP) is 20.4. The molecule has 0 aromatic carbocycles. The van der Waals surface area contributed by atoms with Crippen molar-refractivity contribution in [1.82, 2.24) is 0 Å². The SMILES string of the molecule is C=C(C)C(=O)OC(C)(C)C.C=C(C)C(=O)OC(CC)(CC)C12CC3CC(CC(C3)C1)C2.C=C(C)C(=O)OC1(C(C)C)C2CC3CC(C2)CC1C3.C=C(C)C(=O)OC1(C(C)C)CCCC1.C=C(C)C(=O)OC1(CC)C2CC3CC(C2)CC1C3.C=C(C)C(=O)OC1(CC)CCCC1. The van der Waals surface area contributed by atoms with Gasteiger partial charge in [0.2, 0.25) is 0 Å². The minimum atomic E-state index is -0.407. The third kappa shape index (κ3) is 18.6. The molecule has 12 nitrogen and oxygen atoms in total. The first kappa shape index (κ1) is 79.2. The molecule has 0 heterocycles. The molecular weight excluding hydrogens is 1190 g/mol. The first-order valence-corrected chi connectivity index (χ1v) is 37.6. The van der Waals surface area contributed by atoms with Crippen molar-refractivity contribution in [3.8, 4) is 0 Å². The van der Waals surface area contributed by atoms with Crippen LogP contribution >= 0.6 is 0 Å². The Morgan fingerprint density at radius 1 is 0.389 bits per heavy atom. The van der Waals surface area contributed by atoms with Gasteiger partial charge in [-0.3, -0.25) is 0 Å². The summed E-state index contributed by atoms with van der Waals surface area (Å²) >= 11 is 0. The lowest BCUT2D eigenvalue weighted by molar-refractivity contribution is -0.221. The number of hydrogen-bond acceptors (Lipinski definition) is 12. The number of carbonyl (C=O) groups is 6. The second-order valence-corrected chi connectivity index (χ2v) is 34.1. The summed E-state index contributed by atoms with van der Waals surface area (Å²) < 4.78 is 34.2. The first-order valence-electron chi connectivity index (χ1n) is 37.6. The van der Waals surface area contributed by atoms with E-state index in [1.54, 1.807) is 41.5 Å². The Kier molecular flexibility index (Phi) is 27.1. The second-order valence-electron chi connectivity index (χ2n) is 34.1. The summed E-state index contributed by atoms with van der Waals surface area (Å²) in [5.74, 6) is 8.16. The number of ether oxygens (including phenoxy) is 6. The molecule has 536 valence electrons. The minimum absolute atomic E-state index is 0.163. The Morgan fingerprint density at radius 2 is 0.716 bits per heavy atom. The topological polar surface area (TPSA) is 158 Å². The van der Waals surface area contributed by atoms with E-state index in [2.05, 4.69) is 94.9 Å². The normalized spacial score (nSPS) is 32.3. The molecule has 95 heavy (non-hydrogen) atoms. The van der Waals surface area contributed by atoms with Gasteiger partial charge in [-0.25, -0.2) is 28.8 Å². The maximum absolute atomic E-state index is 12.2. The van der Waals surface area contributed by atoms with Crippen LogP contribution in [0, 0.1) is 82.3 Å². The smallest absolute Gasteiger partial charge is 0.333 e. The lowest BCUT2D eigenvalue weighted by Crippen LogP contribution is -2.62. The van der Waals surface area contributed by atoms with E-state index in [0.717, 1.165) is 92.8 Å².